The number of thioether (sulfide) groups is 1. The van der Waals surface area contributed by atoms with Crippen LogP contribution in [0.3, 0.4) is 0 Å². The van der Waals surface area contributed by atoms with Crippen molar-refractivity contribution in [2.45, 2.75) is 12.1 Å². The number of benzene rings is 2. The number of nitrogens with zero attached hydrogens (tertiary/aromatic N) is 5. The van der Waals surface area contributed by atoms with E-state index in [0.717, 1.165) is 22.1 Å². The molecular formula is C26H26FN5O2S2. The Kier molecular flexibility index (Phi) is 7.52. The Labute approximate surface area is 217 Å². The summed E-state index contributed by atoms with van der Waals surface area (Å²) in [5.74, 6) is 1.59. The first-order valence-electron chi connectivity index (χ1n) is 11.8. The number of carbonyl (C=O) groups is 1. The second-order valence-corrected chi connectivity index (χ2v) is 10.0. The molecule has 0 spiro atoms. The lowest BCUT2D eigenvalue weighted by Gasteiger charge is -2.36. The number of thiophene rings is 1. The third kappa shape index (κ3) is 5.24. The van der Waals surface area contributed by atoms with Crippen molar-refractivity contribution in [1.82, 2.24) is 19.7 Å². The fourth-order valence-electron chi connectivity index (χ4n) is 4.14. The summed E-state index contributed by atoms with van der Waals surface area (Å²) in [7, 11) is 0. The van der Waals surface area contributed by atoms with E-state index in [1.54, 1.807) is 23.5 Å². The fraction of sp³-hybridized carbons (Fsp3) is 0.269. The summed E-state index contributed by atoms with van der Waals surface area (Å²) in [6.07, 6.45) is 0. The van der Waals surface area contributed by atoms with Crippen LogP contribution in [0.1, 0.15) is 6.92 Å². The van der Waals surface area contributed by atoms with E-state index in [0.29, 0.717) is 43.6 Å². The molecule has 3 heterocycles. The number of carbonyl (C=O) groups excluding carboxylic acids is 1. The average Bonchev–Trinajstić information content (AvgIpc) is 3.59. The van der Waals surface area contributed by atoms with Gasteiger partial charge in [0, 0.05) is 26.2 Å². The van der Waals surface area contributed by atoms with Gasteiger partial charge in [-0.3, -0.25) is 9.36 Å². The molecule has 5 rings (SSSR count). The van der Waals surface area contributed by atoms with E-state index in [1.807, 2.05) is 69.1 Å². The lowest BCUT2D eigenvalue weighted by molar-refractivity contribution is -0.128. The fourth-order valence-corrected chi connectivity index (χ4v) is 5.70. The SMILES string of the molecule is CCOc1ccc(-n2c(SCC(=O)N3CCN(c4ccccc4F)CC3)nnc2-c2cccs2)cc1. The molecule has 2 aromatic heterocycles. The molecule has 0 unspecified atom stereocenters. The molecule has 4 aromatic rings. The van der Waals surface area contributed by atoms with E-state index in [9.17, 15) is 9.18 Å². The maximum atomic E-state index is 14.1. The minimum atomic E-state index is -0.233. The smallest absolute Gasteiger partial charge is 0.233 e. The topological polar surface area (TPSA) is 63.5 Å². The highest BCUT2D eigenvalue weighted by molar-refractivity contribution is 7.99. The molecule has 186 valence electrons. The zero-order chi connectivity index (χ0) is 24.9. The second kappa shape index (κ2) is 11.1. The molecule has 7 nitrogen and oxygen atoms in total. The van der Waals surface area contributed by atoms with Crippen molar-refractivity contribution in [3.05, 3.63) is 71.9 Å². The first kappa shape index (κ1) is 24.3. The van der Waals surface area contributed by atoms with Gasteiger partial charge in [-0.1, -0.05) is 30.0 Å². The van der Waals surface area contributed by atoms with Crippen LogP contribution in [0.2, 0.25) is 0 Å². The van der Waals surface area contributed by atoms with E-state index >= 15 is 0 Å². The van der Waals surface area contributed by atoms with Crippen molar-refractivity contribution in [1.29, 1.82) is 0 Å². The summed E-state index contributed by atoms with van der Waals surface area (Å²) in [5.41, 5.74) is 1.49. The normalized spacial score (nSPS) is 13.7. The number of hydrogen-bond donors (Lipinski definition) is 0. The lowest BCUT2D eigenvalue weighted by atomic mass is 10.2. The van der Waals surface area contributed by atoms with Crippen LogP contribution in [0.15, 0.2) is 71.2 Å². The predicted octanol–water partition coefficient (Wildman–Crippen LogP) is 4.97. The van der Waals surface area contributed by atoms with Crippen molar-refractivity contribution >= 4 is 34.7 Å². The van der Waals surface area contributed by atoms with Crippen LogP contribution in [-0.4, -0.2) is 64.1 Å². The highest BCUT2D eigenvalue weighted by Crippen LogP contribution is 2.31. The molecule has 0 saturated carbocycles. The Balaban J connectivity index is 1.28. The van der Waals surface area contributed by atoms with Crippen molar-refractivity contribution < 1.29 is 13.9 Å². The standard InChI is InChI=1S/C26H26FN5O2S2/c1-2-34-20-11-9-19(10-12-20)32-25(23-8-5-17-35-23)28-29-26(32)36-18-24(33)31-15-13-30(14-16-31)22-7-4-3-6-21(22)27/h3-12,17H,2,13-16,18H2,1H3. The van der Waals surface area contributed by atoms with Gasteiger partial charge in [0.25, 0.3) is 0 Å². The molecule has 0 atom stereocenters. The number of piperazine rings is 1. The van der Waals surface area contributed by atoms with Gasteiger partial charge in [0.05, 0.1) is 28.6 Å². The van der Waals surface area contributed by atoms with Gasteiger partial charge in [0.15, 0.2) is 11.0 Å². The summed E-state index contributed by atoms with van der Waals surface area (Å²) in [6.45, 7) is 4.86. The first-order valence-corrected chi connectivity index (χ1v) is 13.6. The molecule has 10 heteroatoms. The van der Waals surface area contributed by atoms with Crippen molar-refractivity contribution in [3.8, 4) is 22.1 Å². The molecule has 1 fully saturated rings. The highest BCUT2D eigenvalue weighted by atomic mass is 32.2. The number of amides is 1. The summed E-state index contributed by atoms with van der Waals surface area (Å²) in [6, 6.07) is 18.5. The number of anilines is 1. The Morgan fingerprint density at radius 2 is 1.81 bits per heavy atom. The minimum absolute atomic E-state index is 0.0344. The van der Waals surface area contributed by atoms with Gasteiger partial charge in [0.2, 0.25) is 5.91 Å². The molecular weight excluding hydrogens is 497 g/mol. The molecule has 1 aliphatic rings. The molecule has 1 aliphatic heterocycles. The molecule has 0 radical (unpaired) electrons. The highest BCUT2D eigenvalue weighted by Gasteiger charge is 2.24. The molecule has 0 aliphatic carbocycles. The molecule has 1 saturated heterocycles. The number of hydrogen-bond acceptors (Lipinski definition) is 7. The minimum Gasteiger partial charge on any atom is -0.494 e. The summed E-state index contributed by atoms with van der Waals surface area (Å²) >= 11 is 2.97. The molecule has 0 bridgehead atoms. The van der Waals surface area contributed by atoms with Crippen LogP contribution in [0, 0.1) is 5.82 Å². The van der Waals surface area contributed by atoms with E-state index < -0.39 is 0 Å². The maximum Gasteiger partial charge on any atom is 0.233 e. The summed E-state index contributed by atoms with van der Waals surface area (Å²) in [5, 5.41) is 11.5. The van der Waals surface area contributed by atoms with E-state index in [2.05, 4.69) is 10.2 Å². The van der Waals surface area contributed by atoms with Crippen LogP contribution in [-0.2, 0) is 4.79 Å². The van der Waals surface area contributed by atoms with Gasteiger partial charge in [-0.05, 0) is 54.8 Å². The molecule has 2 aromatic carbocycles. The van der Waals surface area contributed by atoms with Crippen molar-refractivity contribution in [2.75, 3.05) is 43.4 Å². The average molecular weight is 524 g/mol. The van der Waals surface area contributed by atoms with Gasteiger partial charge in [-0.25, -0.2) is 4.39 Å². The first-order chi connectivity index (χ1) is 17.6. The van der Waals surface area contributed by atoms with Gasteiger partial charge < -0.3 is 14.5 Å². The summed E-state index contributed by atoms with van der Waals surface area (Å²) in [4.78, 5) is 17.8. The van der Waals surface area contributed by atoms with Crippen LogP contribution in [0.4, 0.5) is 10.1 Å². The number of halogens is 1. The predicted molar refractivity (Wildman–Crippen MR) is 142 cm³/mol. The quantitative estimate of drug-likeness (QED) is 0.304. The lowest BCUT2D eigenvalue weighted by Crippen LogP contribution is -2.49. The van der Waals surface area contributed by atoms with Gasteiger partial charge >= 0.3 is 0 Å². The van der Waals surface area contributed by atoms with Crippen LogP contribution in [0.25, 0.3) is 16.4 Å². The number of aromatic nitrogens is 3. The third-order valence-electron chi connectivity index (χ3n) is 5.93. The number of rotatable bonds is 8. The van der Waals surface area contributed by atoms with Crippen LogP contribution < -0.4 is 9.64 Å². The Hall–Kier alpha value is -3.37. The zero-order valence-corrected chi connectivity index (χ0v) is 21.5. The number of para-hydroxylation sites is 1. The molecule has 1 amide bonds. The van der Waals surface area contributed by atoms with Crippen molar-refractivity contribution in [3.63, 3.8) is 0 Å². The third-order valence-corrected chi connectivity index (χ3v) is 7.71. The van der Waals surface area contributed by atoms with Gasteiger partial charge in [0.1, 0.15) is 11.6 Å². The summed E-state index contributed by atoms with van der Waals surface area (Å²) < 4.78 is 21.7. The van der Waals surface area contributed by atoms with Crippen molar-refractivity contribution in [2.24, 2.45) is 0 Å². The Morgan fingerprint density at radius 1 is 1.03 bits per heavy atom. The Morgan fingerprint density at radius 3 is 2.50 bits per heavy atom. The second-order valence-electron chi connectivity index (χ2n) is 8.15. The van der Waals surface area contributed by atoms with E-state index in [4.69, 9.17) is 4.74 Å². The van der Waals surface area contributed by atoms with Crippen LogP contribution >= 0.6 is 23.1 Å². The maximum absolute atomic E-state index is 14.1. The van der Waals surface area contributed by atoms with E-state index in [1.165, 1.54) is 17.8 Å². The monoisotopic (exact) mass is 523 g/mol. The Bertz CT molecular complexity index is 1300. The molecule has 0 N–H and O–H groups in total. The number of ether oxygens (including phenoxy) is 1. The zero-order valence-electron chi connectivity index (χ0n) is 19.8. The van der Waals surface area contributed by atoms with E-state index in [-0.39, 0.29) is 17.5 Å². The van der Waals surface area contributed by atoms with Gasteiger partial charge in [-0.2, -0.15) is 0 Å². The van der Waals surface area contributed by atoms with Crippen LogP contribution in [0.5, 0.6) is 5.75 Å². The largest absolute Gasteiger partial charge is 0.494 e. The van der Waals surface area contributed by atoms with Gasteiger partial charge in [-0.15, -0.1) is 21.5 Å². The molecule has 36 heavy (non-hydrogen) atoms.